The lowest BCUT2D eigenvalue weighted by Gasteiger charge is -2.22. The molecule has 0 atom stereocenters. The SMILES string of the molecule is CCOc1ccc(C(=O)NC(=S)Nc2ccccc2N2CCCC2)cc1. The second-order valence-corrected chi connectivity index (χ2v) is 6.49. The second kappa shape index (κ2) is 8.67. The number of nitrogens with zero attached hydrogens (tertiary/aromatic N) is 1. The van der Waals surface area contributed by atoms with Crippen LogP contribution in [0.3, 0.4) is 0 Å². The largest absolute Gasteiger partial charge is 0.494 e. The molecule has 2 N–H and O–H groups in total. The van der Waals surface area contributed by atoms with Crippen LogP contribution in [0, 0.1) is 0 Å². The molecule has 0 aromatic heterocycles. The summed E-state index contributed by atoms with van der Waals surface area (Å²) in [5.41, 5.74) is 2.56. The monoisotopic (exact) mass is 369 g/mol. The quantitative estimate of drug-likeness (QED) is 0.785. The fraction of sp³-hybridized carbons (Fsp3) is 0.300. The summed E-state index contributed by atoms with van der Waals surface area (Å²) in [5.74, 6) is 0.494. The molecule has 0 saturated carbocycles. The van der Waals surface area contributed by atoms with Crippen molar-refractivity contribution in [2.45, 2.75) is 19.8 Å². The molecule has 0 aliphatic carbocycles. The third-order valence-corrected chi connectivity index (χ3v) is 4.46. The standard InChI is InChI=1S/C20H23N3O2S/c1-2-25-16-11-9-15(10-12-16)19(24)22-20(26)21-17-7-3-4-8-18(17)23-13-5-6-14-23/h3-4,7-12H,2,5-6,13-14H2,1H3,(H2,21,22,24,26). The molecule has 1 amide bonds. The Hall–Kier alpha value is -2.60. The normalized spacial score (nSPS) is 13.3. The lowest BCUT2D eigenvalue weighted by Crippen LogP contribution is -2.34. The number of thiocarbonyl (C=S) groups is 1. The zero-order valence-electron chi connectivity index (χ0n) is 14.8. The van der Waals surface area contributed by atoms with Crippen molar-refractivity contribution in [3.63, 3.8) is 0 Å². The maximum Gasteiger partial charge on any atom is 0.257 e. The Balaban J connectivity index is 1.63. The summed E-state index contributed by atoms with van der Waals surface area (Å²) in [7, 11) is 0. The highest BCUT2D eigenvalue weighted by atomic mass is 32.1. The molecule has 1 heterocycles. The van der Waals surface area contributed by atoms with E-state index in [0.717, 1.165) is 30.2 Å². The van der Waals surface area contributed by atoms with E-state index in [9.17, 15) is 4.79 Å². The highest BCUT2D eigenvalue weighted by Gasteiger charge is 2.16. The smallest absolute Gasteiger partial charge is 0.257 e. The molecule has 1 fully saturated rings. The summed E-state index contributed by atoms with van der Waals surface area (Å²) in [5, 5.41) is 6.18. The predicted octanol–water partition coefficient (Wildman–Crippen LogP) is 3.81. The number of rotatable bonds is 5. The molecule has 136 valence electrons. The highest BCUT2D eigenvalue weighted by molar-refractivity contribution is 7.80. The van der Waals surface area contributed by atoms with Crippen molar-refractivity contribution < 1.29 is 9.53 Å². The van der Waals surface area contributed by atoms with Gasteiger partial charge in [0.1, 0.15) is 5.75 Å². The summed E-state index contributed by atoms with van der Waals surface area (Å²) in [6.07, 6.45) is 2.40. The van der Waals surface area contributed by atoms with Crippen molar-refractivity contribution in [1.29, 1.82) is 0 Å². The highest BCUT2D eigenvalue weighted by Crippen LogP contribution is 2.28. The predicted molar refractivity (Wildman–Crippen MR) is 109 cm³/mol. The number of anilines is 2. The number of para-hydroxylation sites is 2. The van der Waals surface area contributed by atoms with Crippen LogP contribution in [-0.4, -0.2) is 30.7 Å². The summed E-state index contributed by atoms with van der Waals surface area (Å²) < 4.78 is 5.39. The van der Waals surface area contributed by atoms with E-state index < -0.39 is 0 Å². The first kappa shape index (κ1) is 18.2. The Morgan fingerprint density at radius 2 is 1.81 bits per heavy atom. The molecule has 6 heteroatoms. The van der Waals surface area contributed by atoms with Crippen LogP contribution in [0.2, 0.25) is 0 Å². The van der Waals surface area contributed by atoms with Crippen LogP contribution in [0.1, 0.15) is 30.1 Å². The lowest BCUT2D eigenvalue weighted by molar-refractivity contribution is 0.0977. The minimum Gasteiger partial charge on any atom is -0.494 e. The molecule has 0 spiro atoms. The molecule has 0 bridgehead atoms. The van der Waals surface area contributed by atoms with Crippen molar-refractivity contribution in [2.75, 3.05) is 29.9 Å². The van der Waals surface area contributed by atoms with E-state index in [-0.39, 0.29) is 11.0 Å². The van der Waals surface area contributed by atoms with Crippen LogP contribution >= 0.6 is 12.2 Å². The Morgan fingerprint density at radius 1 is 1.12 bits per heavy atom. The van der Waals surface area contributed by atoms with Crippen molar-refractivity contribution in [3.05, 3.63) is 54.1 Å². The summed E-state index contributed by atoms with van der Waals surface area (Å²) in [4.78, 5) is 14.7. The van der Waals surface area contributed by atoms with Gasteiger partial charge in [0.15, 0.2) is 5.11 Å². The van der Waals surface area contributed by atoms with Crippen molar-refractivity contribution >= 4 is 34.6 Å². The number of carbonyl (C=O) groups excluding carboxylic acids is 1. The minimum atomic E-state index is -0.246. The van der Waals surface area contributed by atoms with E-state index >= 15 is 0 Å². The topological polar surface area (TPSA) is 53.6 Å². The average Bonchev–Trinajstić information content (AvgIpc) is 3.17. The Kier molecular flexibility index (Phi) is 6.07. The van der Waals surface area contributed by atoms with Gasteiger partial charge in [-0.25, -0.2) is 0 Å². The maximum absolute atomic E-state index is 12.4. The van der Waals surface area contributed by atoms with E-state index in [1.807, 2.05) is 25.1 Å². The zero-order valence-corrected chi connectivity index (χ0v) is 15.6. The van der Waals surface area contributed by atoms with Gasteiger partial charge < -0.3 is 15.0 Å². The van der Waals surface area contributed by atoms with Crippen molar-refractivity contribution in [2.24, 2.45) is 0 Å². The van der Waals surface area contributed by atoms with Gasteiger partial charge in [-0.05, 0) is 68.4 Å². The van der Waals surface area contributed by atoms with Crippen LogP contribution in [0.4, 0.5) is 11.4 Å². The van der Waals surface area contributed by atoms with Gasteiger partial charge in [0, 0.05) is 18.7 Å². The van der Waals surface area contributed by atoms with E-state index in [1.54, 1.807) is 24.3 Å². The third-order valence-electron chi connectivity index (χ3n) is 4.25. The molecule has 1 saturated heterocycles. The second-order valence-electron chi connectivity index (χ2n) is 6.08. The first-order valence-corrected chi connectivity index (χ1v) is 9.27. The van der Waals surface area contributed by atoms with Gasteiger partial charge in [-0.1, -0.05) is 12.1 Å². The number of hydrogen-bond donors (Lipinski definition) is 2. The van der Waals surface area contributed by atoms with Crippen LogP contribution in [0.15, 0.2) is 48.5 Å². The van der Waals surface area contributed by atoms with Crippen LogP contribution in [-0.2, 0) is 0 Å². The zero-order chi connectivity index (χ0) is 18.4. The molecule has 2 aromatic rings. The molecule has 0 unspecified atom stereocenters. The molecular formula is C20H23N3O2S. The number of ether oxygens (including phenoxy) is 1. The molecule has 3 rings (SSSR count). The fourth-order valence-electron chi connectivity index (χ4n) is 3.01. The molecular weight excluding hydrogens is 346 g/mol. The molecule has 1 aliphatic heterocycles. The third kappa shape index (κ3) is 4.52. The lowest BCUT2D eigenvalue weighted by atomic mass is 10.2. The van der Waals surface area contributed by atoms with E-state index in [2.05, 4.69) is 21.6 Å². The first-order valence-electron chi connectivity index (χ1n) is 8.86. The van der Waals surface area contributed by atoms with Crippen LogP contribution in [0.5, 0.6) is 5.75 Å². The minimum absolute atomic E-state index is 0.246. The number of carbonyl (C=O) groups is 1. The van der Waals surface area contributed by atoms with Gasteiger partial charge in [0.2, 0.25) is 0 Å². The van der Waals surface area contributed by atoms with Crippen LogP contribution < -0.4 is 20.3 Å². The molecule has 5 nitrogen and oxygen atoms in total. The summed E-state index contributed by atoms with van der Waals surface area (Å²) in [6, 6.07) is 15.0. The van der Waals surface area contributed by atoms with E-state index in [0.29, 0.717) is 12.2 Å². The number of nitrogens with one attached hydrogen (secondary N) is 2. The Labute approximate surface area is 159 Å². The van der Waals surface area contributed by atoms with E-state index in [4.69, 9.17) is 17.0 Å². The fourth-order valence-corrected chi connectivity index (χ4v) is 3.21. The summed E-state index contributed by atoms with van der Waals surface area (Å²) in [6.45, 7) is 4.61. The number of amides is 1. The van der Waals surface area contributed by atoms with Crippen molar-refractivity contribution in [1.82, 2.24) is 5.32 Å². The van der Waals surface area contributed by atoms with Gasteiger partial charge in [0.25, 0.3) is 5.91 Å². The van der Waals surface area contributed by atoms with Crippen molar-refractivity contribution in [3.8, 4) is 5.75 Å². The maximum atomic E-state index is 12.4. The number of benzene rings is 2. The molecule has 2 aromatic carbocycles. The van der Waals surface area contributed by atoms with Gasteiger partial charge >= 0.3 is 0 Å². The molecule has 0 radical (unpaired) electrons. The average molecular weight is 369 g/mol. The van der Waals surface area contributed by atoms with Gasteiger partial charge in [-0.2, -0.15) is 0 Å². The molecule has 26 heavy (non-hydrogen) atoms. The van der Waals surface area contributed by atoms with E-state index in [1.165, 1.54) is 12.8 Å². The van der Waals surface area contributed by atoms with Gasteiger partial charge in [-0.3, -0.25) is 10.1 Å². The summed E-state index contributed by atoms with van der Waals surface area (Å²) >= 11 is 5.33. The van der Waals surface area contributed by atoms with Gasteiger partial charge in [0.05, 0.1) is 18.0 Å². The Bertz CT molecular complexity index is 771. The molecule has 1 aliphatic rings. The van der Waals surface area contributed by atoms with Crippen LogP contribution in [0.25, 0.3) is 0 Å². The first-order chi connectivity index (χ1) is 12.7. The Morgan fingerprint density at radius 3 is 2.50 bits per heavy atom. The van der Waals surface area contributed by atoms with Gasteiger partial charge in [-0.15, -0.1) is 0 Å². The number of hydrogen-bond acceptors (Lipinski definition) is 4.